The number of urea groups is 1. The van der Waals surface area contributed by atoms with Gasteiger partial charge in [-0.05, 0) is 53.8 Å². The first-order chi connectivity index (χ1) is 24.8. The van der Waals surface area contributed by atoms with Gasteiger partial charge >= 0.3 is 6.03 Å². The largest absolute Gasteiger partial charge is 0.508 e. The lowest BCUT2D eigenvalue weighted by Gasteiger charge is -2.55. The van der Waals surface area contributed by atoms with E-state index in [1.165, 1.54) is 9.91 Å². The Morgan fingerprint density at radius 1 is 0.941 bits per heavy atom. The number of nitrogens with one attached hydrogen (secondary N) is 2. The number of phenolic OH excluding ortho intramolecular Hbond substituents is 1. The Labute approximate surface area is 299 Å². The normalized spacial score (nSPS) is 17.6. The van der Waals surface area contributed by atoms with E-state index in [9.17, 15) is 24.3 Å². The van der Waals surface area contributed by atoms with Crippen LogP contribution in [0.15, 0.2) is 91.5 Å². The topological polar surface area (TPSA) is 135 Å². The van der Waals surface area contributed by atoms with Crippen molar-refractivity contribution < 1.29 is 29.0 Å². The minimum absolute atomic E-state index is 0.0531. The van der Waals surface area contributed by atoms with E-state index in [0.717, 1.165) is 29.5 Å². The number of hydrogen-bond acceptors (Lipinski definition) is 7. The van der Waals surface area contributed by atoms with E-state index in [1.54, 1.807) is 58.4 Å². The van der Waals surface area contributed by atoms with Crippen LogP contribution in [0.1, 0.15) is 53.2 Å². The number of carbonyl (C=O) groups excluding carboxylic acids is 4. The molecule has 0 bridgehead atoms. The summed E-state index contributed by atoms with van der Waals surface area (Å²) >= 11 is 0. The minimum Gasteiger partial charge on any atom is -0.508 e. The zero-order chi connectivity index (χ0) is 36.2. The van der Waals surface area contributed by atoms with Crippen LogP contribution in [0.4, 0.5) is 4.79 Å². The lowest BCUT2D eigenvalue weighted by atomic mass is 9.98. The highest BCUT2D eigenvalue weighted by Gasteiger charge is 2.51. The van der Waals surface area contributed by atoms with Gasteiger partial charge in [0.2, 0.25) is 11.8 Å². The molecule has 0 radical (unpaired) electrons. The SMILES string of the molecule is C=CCN1CC(=O)N2[C@@H](Cc3ccc(O)cc3)C(=O)N(Cc3cccc(C(=O)NCCCOCCCC)c3)C[C@@H]2N1C(=O)NCc1ccccc1. The first-order valence-corrected chi connectivity index (χ1v) is 17.6. The highest BCUT2D eigenvalue weighted by atomic mass is 16.5. The van der Waals surface area contributed by atoms with Gasteiger partial charge in [0.25, 0.3) is 5.91 Å². The first kappa shape index (κ1) is 37.1. The van der Waals surface area contributed by atoms with Crippen molar-refractivity contribution in [1.82, 2.24) is 30.5 Å². The quantitative estimate of drug-likeness (QED) is 0.152. The number of hydrazine groups is 1. The third kappa shape index (κ3) is 9.74. The van der Waals surface area contributed by atoms with Crippen LogP contribution in [0, 0.1) is 0 Å². The second kappa shape index (κ2) is 18.2. The van der Waals surface area contributed by atoms with Crippen LogP contribution in [0.5, 0.6) is 5.75 Å². The summed E-state index contributed by atoms with van der Waals surface area (Å²) in [5, 5.41) is 19.0. The van der Waals surface area contributed by atoms with E-state index in [0.29, 0.717) is 31.7 Å². The van der Waals surface area contributed by atoms with Crippen molar-refractivity contribution in [3.05, 3.63) is 114 Å². The summed E-state index contributed by atoms with van der Waals surface area (Å²) in [5.74, 6) is -0.675. The molecule has 2 aliphatic rings. The predicted molar refractivity (Wildman–Crippen MR) is 193 cm³/mol. The summed E-state index contributed by atoms with van der Waals surface area (Å²) in [5.41, 5.74) is 2.88. The van der Waals surface area contributed by atoms with Gasteiger partial charge < -0.3 is 30.3 Å². The summed E-state index contributed by atoms with van der Waals surface area (Å²) < 4.78 is 5.59. The molecule has 12 heteroatoms. The van der Waals surface area contributed by atoms with E-state index in [-0.39, 0.29) is 62.6 Å². The number of unbranched alkanes of at least 4 members (excludes halogenated alkanes) is 1. The number of aromatic hydroxyl groups is 1. The first-order valence-electron chi connectivity index (χ1n) is 17.6. The molecule has 0 aromatic heterocycles. The zero-order valence-electron chi connectivity index (χ0n) is 29.2. The number of hydrogen-bond donors (Lipinski definition) is 3. The fourth-order valence-corrected chi connectivity index (χ4v) is 6.41. The van der Waals surface area contributed by atoms with Gasteiger partial charge in [0.1, 0.15) is 18.0 Å². The summed E-state index contributed by atoms with van der Waals surface area (Å²) in [6.07, 6.45) is 3.79. The number of benzene rings is 3. The standard InChI is InChI=1S/C39H48N6O6/c1-3-5-21-51-22-10-19-40-37(48)32-14-9-13-31(23-32)26-42-27-35-44(34(38(42)49)24-29-15-17-33(46)18-16-29)36(47)28-43(20-4-2)45(35)39(50)41-25-30-11-7-6-8-12-30/h4,6-9,11-18,23,34-35,46H,2-3,5,10,19-22,24-28H2,1H3,(H,40,48)(H,41,50)/t34-,35-/m0/s1. The van der Waals surface area contributed by atoms with Crippen molar-refractivity contribution in [2.75, 3.05) is 39.4 Å². The second-order valence-electron chi connectivity index (χ2n) is 12.8. The number of carbonyl (C=O) groups is 4. The molecule has 0 unspecified atom stereocenters. The van der Waals surface area contributed by atoms with Crippen LogP contribution in [-0.4, -0.2) is 100 Å². The predicted octanol–water partition coefficient (Wildman–Crippen LogP) is 4.07. The van der Waals surface area contributed by atoms with Crippen molar-refractivity contribution in [2.45, 2.75) is 57.9 Å². The monoisotopic (exact) mass is 696 g/mol. The maximum absolute atomic E-state index is 14.3. The van der Waals surface area contributed by atoms with Crippen molar-refractivity contribution in [3.63, 3.8) is 0 Å². The molecule has 3 aromatic carbocycles. The second-order valence-corrected chi connectivity index (χ2v) is 12.8. The average molecular weight is 697 g/mol. The highest BCUT2D eigenvalue weighted by molar-refractivity contribution is 5.94. The van der Waals surface area contributed by atoms with Crippen LogP contribution in [0.25, 0.3) is 0 Å². The van der Waals surface area contributed by atoms with Gasteiger partial charge in [0.05, 0.1) is 13.1 Å². The van der Waals surface area contributed by atoms with E-state index in [1.807, 2.05) is 36.4 Å². The van der Waals surface area contributed by atoms with Crippen molar-refractivity contribution in [2.24, 2.45) is 0 Å². The van der Waals surface area contributed by atoms with Crippen molar-refractivity contribution >= 4 is 23.8 Å². The van der Waals surface area contributed by atoms with Gasteiger partial charge in [0.15, 0.2) is 0 Å². The molecule has 2 fully saturated rings. The lowest BCUT2D eigenvalue weighted by Crippen LogP contribution is -2.76. The molecule has 2 heterocycles. The Kier molecular flexibility index (Phi) is 13.2. The fourth-order valence-electron chi connectivity index (χ4n) is 6.41. The number of phenols is 1. The van der Waals surface area contributed by atoms with E-state index in [4.69, 9.17) is 4.74 Å². The molecule has 0 aliphatic carbocycles. The Hall–Kier alpha value is -5.20. The number of nitrogens with zero attached hydrogens (tertiary/aromatic N) is 4. The molecule has 12 nitrogen and oxygen atoms in total. The third-order valence-electron chi connectivity index (χ3n) is 8.99. The molecule has 0 spiro atoms. The van der Waals surface area contributed by atoms with Gasteiger partial charge in [-0.1, -0.05) is 74.0 Å². The van der Waals surface area contributed by atoms with Gasteiger partial charge in [0, 0.05) is 51.4 Å². The molecule has 2 aliphatic heterocycles. The third-order valence-corrected chi connectivity index (χ3v) is 8.99. The minimum atomic E-state index is -0.915. The summed E-state index contributed by atoms with van der Waals surface area (Å²) in [6, 6.07) is 21.9. The summed E-state index contributed by atoms with van der Waals surface area (Å²) in [7, 11) is 0. The Morgan fingerprint density at radius 3 is 2.43 bits per heavy atom. The van der Waals surface area contributed by atoms with Gasteiger partial charge in [-0.2, -0.15) is 0 Å². The van der Waals surface area contributed by atoms with Crippen LogP contribution in [0.3, 0.4) is 0 Å². The number of rotatable bonds is 16. The molecule has 270 valence electrons. The van der Waals surface area contributed by atoms with E-state index in [2.05, 4.69) is 24.1 Å². The molecule has 5 rings (SSSR count). The average Bonchev–Trinajstić information content (AvgIpc) is 3.13. The lowest BCUT2D eigenvalue weighted by molar-refractivity contribution is -0.189. The van der Waals surface area contributed by atoms with Crippen molar-refractivity contribution in [1.29, 1.82) is 0 Å². The van der Waals surface area contributed by atoms with Crippen molar-refractivity contribution in [3.8, 4) is 5.75 Å². The van der Waals surface area contributed by atoms with Gasteiger partial charge in [-0.3, -0.25) is 14.4 Å². The molecule has 3 aromatic rings. The van der Waals surface area contributed by atoms with Gasteiger partial charge in [-0.25, -0.2) is 14.8 Å². The van der Waals surface area contributed by atoms with Crippen LogP contribution in [-0.2, 0) is 33.8 Å². The number of piperazine rings is 1. The van der Waals surface area contributed by atoms with E-state index < -0.39 is 18.2 Å². The summed E-state index contributed by atoms with van der Waals surface area (Å²) in [4.78, 5) is 58.3. The highest BCUT2D eigenvalue weighted by Crippen LogP contribution is 2.30. The molecule has 2 saturated heterocycles. The fraction of sp³-hybridized carbons (Fsp3) is 0.385. The van der Waals surface area contributed by atoms with E-state index >= 15 is 0 Å². The smallest absolute Gasteiger partial charge is 0.334 e. The Morgan fingerprint density at radius 2 is 1.69 bits per heavy atom. The number of amides is 5. The molecule has 5 amide bonds. The maximum atomic E-state index is 14.3. The molecule has 3 N–H and O–H groups in total. The molecular formula is C39H48N6O6. The Bertz CT molecular complexity index is 1650. The van der Waals surface area contributed by atoms with Crippen LogP contribution >= 0.6 is 0 Å². The summed E-state index contributed by atoms with van der Waals surface area (Å²) in [6.45, 7) is 8.36. The maximum Gasteiger partial charge on any atom is 0.334 e. The molecular weight excluding hydrogens is 648 g/mol. The van der Waals surface area contributed by atoms with Crippen LogP contribution in [0.2, 0.25) is 0 Å². The molecule has 51 heavy (non-hydrogen) atoms. The number of ether oxygens (including phenoxy) is 1. The number of fused-ring (bicyclic) bond motifs is 1. The molecule has 2 atom stereocenters. The Balaban J connectivity index is 1.38. The zero-order valence-corrected chi connectivity index (χ0v) is 29.2. The molecule has 0 saturated carbocycles. The van der Waals surface area contributed by atoms with Gasteiger partial charge in [-0.15, -0.1) is 6.58 Å². The van der Waals surface area contributed by atoms with Crippen LogP contribution < -0.4 is 10.6 Å².